The summed E-state index contributed by atoms with van der Waals surface area (Å²) in [7, 11) is 1.68. The largest absolute Gasteiger partial charge is 0.510 e. The number of hydrogen-bond acceptors (Lipinski definition) is 15. The Morgan fingerprint density at radius 2 is 1.77 bits per heavy atom. The number of hydrogen-bond donors (Lipinski definition) is 2. The second kappa shape index (κ2) is 23.2. The van der Waals surface area contributed by atoms with Gasteiger partial charge in [0.25, 0.3) is 11.6 Å². The third-order valence-electron chi connectivity index (χ3n) is 7.14. The van der Waals surface area contributed by atoms with Gasteiger partial charge in [-0.15, -0.1) is 15.2 Å². The summed E-state index contributed by atoms with van der Waals surface area (Å²) in [5.41, 5.74) is 9.28. The Morgan fingerprint density at radius 3 is 2.40 bits per heavy atom. The molecule has 0 amide bonds. The van der Waals surface area contributed by atoms with Crippen LogP contribution in [0.25, 0.3) is 11.1 Å². The SMILES string of the molecule is CCCCc1nc(Cl)c(C(=O)OC(C)OC=O)n1Cc1ccc(-c2ccccc2/C(N)=N/N(N)C(C)OC(=O)OCCCO[N+](=O)[O-])cc1.CCOC. The van der Waals surface area contributed by atoms with E-state index in [1.165, 1.54) is 13.8 Å². The Balaban J connectivity index is 0.00000231. The number of hydrazine groups is 1. The van der Waals surface area contributed by atoms with Gasteiger partial charge >= 0.3 is 12.1 Å². The van der Waals surface area contributed by atoms with E-state index in [1.807, 2.05) is 50.2 Å². The number of hydrazone groups is 1. The number of aryl methyl sites for hydroxylation is 1. The summed E-state index contributed by atoms with van der Waals surface area (Å²) >= 11 is 6.39. The lowest BCUT2D eigenvalue weighted by Gasteiger charge is -2.21. The Labute approximate surface area is 311 Å². The van der Waals surface area contributed by atoms with Crippen LogP contribution in [-0.2, 0) is 46.3 Å². The van der Waals surface area contributed by atoms with Crippen LogP contribution in [0.2, 0.25) is 5.15 Å². The minimum Gasteiger partial charge on any atom is -0.434 e. The second-order valence-electron chi connectivity index (χ2n) is 11.0. The van der Waals surface area contributed by atoms with Gasteiger partial charge in [0, 0.05) is 45.6 Å². The van der Waals surface area contributed by atoms with E-state index in [0.29, 0.717) is 17.8 Å². The summed E-state index contributed by atoms with van der Waals surface area (Å²) in [5.74, 6) is 5.85. The standard InChI is InChI=1S/C31H38ClN7O10.C3H8O/c1-4-5-11-26-35-28(32)27(30(41)49-21(3)46-19-40)37(26)18-22-12-14-23(15-13-22)24-9-6-7-10-25(24)29(33)36-38(34)20(2)48-31(42)45-16-8-17-47-39(43)44;1-3-4-2/h6-7,9-10,12-15,19-21H,4-5,8,11,16-18,34H2,1-3H3,(H2,33,36);3H2,1-2H3. The number of esters is 1. The van der Waals surface area contributed by atoms with Crippen molar-refractivity contribution < 1.29 is 48.0 Å². The first-order valence-electron chi connectivity index (χ1n) is 16.6. The zero-order chi connectivity index (χ0) is 39.3. The van der Waals surface area contributed by atoms with Crippen LogP contribution < -0.4 is 11.6 Å². The van der Waals surface area contributed by atoms with Gasteiger partial charge in [-0.05, 0) is 37.0 Å². The first-order chi connectivity index (χ1) is 25.4. The monoisotopic (exact) mass is 763 g/mol. The van der Waals surface area contributed by atoms with Crippen molar-refractivity contribution in [3.8, 4) is 11.1 Å². The molecule has 0 aliphatic carbocycles. The Hall–Kier alpha value is -5.46. The van der Waals surface area contributed by atoms with E-state index in [4.69, 9.17) is 42.1 Å². The number of methoxy groups -OCH3 is 1. The Morgan fingerprint density at radius 1 is 1.09 bits per heavy atom. The quantitative estimate of drug-likeness (QED) is 0.0181. The highest BCUT2D eigenvalue weighted by Crippen LogP contribution is 2.26. The van der Waals surface area contributed by atoms with Crippen LogP contribution in [-0.4, -0.2) is 83.6 Å². The molecular formula is C34H46ClN7O11. The van der Waals surface area contributed by atoms with E-state index in [9.17, 15) is 24.5 Å². The molecule has 0 aliphatic heterocycles. The van der Waals surface area contributed by atoms with Crippen LogP contribution in [0.4, 0.5) is 4.79 Å². The maximum atomic E-state index is 13.0. The number of amidine groups is 1. The zero-order valence-electron chi connectivity index (χ0n) is 30.3. The number of benzene rings is 2. The molecule has 4 N–H and O–H groups in total. The molecule has 0 saturated heterocycles. The average molecular weight is 764 g/mol. The van der Waals surface area contributed by atoms with Gasteiger partial charge in [0.2, 0.25) is 12.5 Å². The molecule has 0 spiro atoms. The van der Waals surface area contributed by atoms with Crippen molar-refractivity contribution in [2.45, 2.75) is 72.4 Å². The van der Waals surface area contributed by atoms with Crippen molar-refractivity contribution in [2.24, 2.45) is 16.7 Å². The van der Waals surface area contributed by atoms with Crippen molar-refractivity contribution in [2.75, 3.05) is 26.9 Å². The summed E-state index contributed by atoms with van der Waals surface area (Å²) in [4.78, 5) is 54.3. The fourth-order valence-corrected chi connectivity index (χ4v) is 4.72. The molecule has 2 unspecified atom stereocenters. The van der Waals surface area contributed by atoms with Crippen LogP contribution in [0.5, 0.6) is 0 Å². The van der Waals surface area contributed by atoms with E-state index < -0.39 is 29.7 Å². The lowest BCUT2D eigenvalue weighted by atomic mass is 9.98. The number of carbonyl (C=O) groups excluding carboxylic acids is 3. The van der Waals surface area contributed by atoms with Gasteiger partial charge in [-0.3, -0.25) is 4.79 Å². The molecule has 2 aromatic carbocycles. The molecule has 19 heteroatoms. The van der Waals surface area contributed by atoms with Gasteiger partial charge in [-0.25, -0.2) is 20.4 Å². The molecular weight excluding hydrogens is 718 g/mol. The number of halogens is 1. The minimum atomic E-state index is -1.11. The van der Waals surface area contributed by atoms with E-state index in [-0.39, 0.29) is 49.3 Å². The molecule has 0 bridgehead atoms. The lowest BCUT2D eigenvalue weighted by molar-refractivity contribution is -0.757. The van der Waals surface area contributed by atoms with Gasteiger partial charge in [0.15, 0.2) is 16.7 Å². The molecule has 3 aromatic rings. The van der Waals surface area contributed by atoms with Gasteiger partial charge in [-0.2, -0.15) is 5.12 Å². The number of aromatic nitrogens is 2. The fraction of sp³-hybridized carbons (Fsp3) is 0.441. The normalized spacial score (nSPS) is 12.0. The number of carbonyl (C=O) groups is 3. The summed E-state index contributed by atoms with van der Waals surface area (Å²) in [6, 6.07) is 14.7. The summed E-state index contributed by atoms with van der Waals surface area (Å²) in [6.45, 7) is 7.72. The summed E-state index contributed by atoms with van der Waals surface area (Å²) in [5, 5.41) is 14.2. The minimum absolute atomic E-state index is 0.0134. The molecule has 0 saturated carbocycles. The van der Waals surface area contributed by atoms with Crippen molar-refractivity contribution >= 4 is 36.0 Å². The number of rotatable bonds is 20. The van der Waals surface area contributed by atoms with Crippen molar-refractivity contribution in [1.29, 1.82) is 0 Å². The van der Waals surface area contributed by atoms with Gasteiger partial charge < -0.3 is 38.8 Å². The third kappa shape index (κ3) is 14.6. The highest BCUT2D eigenvalue weighted by atomic mass is 35.5. The molecule has 53 heavy (non-hydrogen) atoms. The summed E-state index contributed by atoms with van der Waals surface area (Å²) in [6.07, 6.45) is -0.845. The van der Waals surface area contributed by atoms with Crippen LogP contribution in [0.3, 0.4) is 0 Å². The van der Waals surface area contributed by atoms with E-state index in [2.05, 4.69) is 19.7 Å². The first kappa shape index (κ1) is 43.7. The molecule has 0 aliphatic rings. The van der Waals surface area contributed by atoms with Crippen LogP contribution in [0.1, 0.15) is 74.4 Å². The average Bonchev–Trinajstić information content (AvgIpc) is 3.44. The lowest BCUT2D eigenvalue weighted by Crippen LogP contribution is -2.40. The smallest absolute Gasteiger partial charge is 0.434 e. The topological polar surface area (TPSA) is 235 Å². The highest BCUT2D eigenvalue weighted by molar-refractivity contribution is 6.32. The number of unbranched alkanes of at least 4 members (excludes halogenated alkanes) is 1. The van der Waals surface area contributed by atoms with Crippen LogP contribution >= 0.6 is 11.6 Å². The molecule has 1 heterocycles. The van der Waals surface area contributed by atoms with Gasteiger partial charge in [-0.1, -0.05) is 73.5 Å². The number of ether oxygens (including phenoxy) is 5. The highest BCUT2D eigenvalue weighted by Gasteiger charge is 2.25. The number of nitrogens with two attached hydrogens (primary N) is 2. The molecule has 1 aromatic heterocycles. The van der Waals surface area contributed by atoms with E-state index >= 15 is 0 Å². The predicted octanol–water partition coefficient (Wildman–Crippen LogP) is 4.82. The van der Waals surface area contributed by atoms with Crippen LogP contribution in [0.15, 0.2) is 53.6 Å². The maximum absolute atomic E-state index is 13.0. The van der Waals surface area contributed by atoms with Crippen LogP contribution in [0, 0.1) is 10.1 Å². The molecule has 2 atom stereocenters. The first-order valence-corrected chi connectivity index (χ1v) is 17.0. The van der Waals surface area contributed by atoms with Gasteiger partial charge in [0.05, 0.1) is 13.2 Å². The Bertz CT molecular complexity index is 1650. The van der Waals surface area contributed by atoms with Crippen molar-refractivity contribution in [1.82, 2.24) is 14.7 Å². The van der Waals surface area contributed by atoms with E-state index in [1.54, 1.807) is 23.8 Å². The van der Waals surface area contributed by atoms with Crippen molar-refractivity contribution in [3.05, 3.63) is 86.4 Å². The third-order valence-corrected chi connectivity index (χ3v) is 7.40. The zero-order valence-corrected chi connectivity index (χ0v) is 31.0. The van der Waals surface area contributed by atoms with E-state index in [0.717, 1.165) is 41.3 Å². The maximum Gasteiger partial charge on any atom is 0.510 e. The number of nitrogens with zero attached hydrogens (tertiary/aromatic N) is 5. The summed E-state index contributed by atoms with van der Waals surface area (Å²) < 4.78 is 26.1. The van der Waals surface area contributed by atoms with Crippen molar-refractivity contribution in [3.63, 3.8) is 0 Å². The Kier molecular flexibility index (Phi) is 19.1. The molecule has 3 rings (SSSR count). The van der Waals surface area contributed by atoms with Gasteiger partial charge in [0.1, 0.15) is 5.82 Å². The predicted molar refractivity (Wildman–Crippen MR) is 193 cm³/mol. The number of imidazole rings is 1. The molecule has 0 fully saturated rings. The fourth-order valence-electron chi connectivity index (χ4n) is 4.44. The molecule has 290 valence electrons. The molecule has 0 radical (unpaired) electrons. The second-order valence-corrected chi connectivity index (χ2v) is 11.3. The molecule has 18 nitrogen and oxygen atoms in total.